The fraction of sp³-hybridized carbons (Fsp3) is 0.933. The second kappa shape index (κ2) is 12.6. The monoisotopic (exact) mass is 274 g/mol. The van der Waals surface area contributed by atoms with Crippen molar-refractivity contribution in [3.8, 4) is 0 Å². The minimum Gasteiger partial charge on any atom is -0.394 e. The quantitative estimate of drug-likeness (QED) is 0.450. The molecule has 0 aromatic rings. The molecule has 4 nitrogen and oxygen atoms in total. The lowest BCUT2D eigenvalue weighted by Gasteiger charge is -2.13. The van der Waals surface area contributed by atoms with Crippen LogP contribution in [-0.2, 0) is 4.79 Å². The predicted molar refractivity (Wildman–Crippen MR) is 76.0 cm³/mol. The molecule has 0 saturated carbocycles. The third-order valence-electron chi connectivity index (χ3n) is 3.41. The number of aliphatic hydroxyl groups excluding tert-OH is 3. The molecular formula is C15H30O4. The highest BCUT2D eigenvalue weighted by atomic mass is 16.4. The van der Waals surface area contributed by atoms with Crippen LogP contribution in [0.25, 0.3) is 0 Å². The fourth-order valence-electron chi connectivity index (χ4n) is 2.07. The maximum atomic E-state index is 11.4. The average Bonchev–Trinajstić information content (AvgIpc) is 2.43. The van der Waals surface area contributed by atoms with Gasteiger partial charge in [-0.25, -0.2) is 0 Å². The molecular weight excluding hydrogens is 244 g/mol. The van der Waals surface area contributed by atoms with Crippen LogP contribution >= 0.6 is 0 Å². The zero-order valence-electron chi connectivity index (χ0n) is 12.2. The lowest BCUT2D eigenvalue weighted by molar-refractivity contribution is -0.134. The Balaban J connectivity index is 3.36. The van der Waals surface area contributed by atoms with Crippen molar-refractivity contribution in [1.29, 1.82) is 0 Å². The average molecular weight is 274 g/mol. The van der Waals surface area contributed by atoms with Crippen LogP contribution in [0.1, 0.15) is 71.1 Å². The maximum absolute atomic E-state index is 11.4. The number of Topliss-reactive ketones (excluding diaryl/α,β-unsaturated/α-hetero) is 1. The Labute approximate surface area is 116 Å². The molecule has 3 N–H and O–H groups in total. The molecule has 0 fully saturated rings. The highest BCUT2D eigenvalue weighted by molar-refractivity contribution is 5.83. The smallest absolute Gasteiger partial charge is 0.164 e. The predicted octanol–water partition coefficient (Wildman–Crippen LogP) is 2.19. The van der Waals surface area contributed by atoms with Crippen LogP contribution in [0.3, 0.4) is 0 Å². The molecule has 0 aliphatic carbocycles. The van der Waals surface area contributed by atoms with Gasteiger partial charge in [-0.2, -0.15) is 0 Å². The first-order valence-corrected chi connectivity index (χ1v) is 7.63. The van der Waals surface area contributed by atoms with Crippen molar-refractivity contribution in [3.63, 3.8) is 0 Å². The van der Waals surface area contributed by atoms with Crippen LogP contribution in [0.15, 0.2) is 0 Å². The Hall–Kier alpha value is -0.450. The molecule has 0 aromatic heterocycles. The van der Waals surface area contributed by atoms with Crippen LogP contribution < -0.4 is 0 Å². The van der Waals surface area contributed by atoms with Gasteiger partial charge in [0.2, 0.25) is 0 Å². The second-order valence-corrected chi connectivity index (χ2v) is 5.24. The van der Waals surface area contributed by atoms with Crippen LogP contribution in [-0.4, -0.2) is 39.9 Å². The van der Waals surface area contributed by atoms with E-state index < -0.39 is 18.8 Å². The molecule has 0 radical (unpaired) electrons. The highest BCUT2D eigenvalue weighted by Crippen LogP contribution is 2.11. The lowest BCUT2D eigenvalue weighted by Crippen LogP contribution is -2.36. The number of carbonyl (C=O) groups is 1. The molecule has 0 rings (SSSR count). The minimum absolute atomic E-state index is 0.286. The van der Waals surface area contributed by atoms with E-state index in [2.05, 4.69) is 6.92 Å². The van der Waals surface area contributed by atoms with Crippen LogP contribution in [0.4, 0.5) is 0 Å². The van der Waals surface area contributed by atoms with Gasteiger partial charge >= 0.3 is 0 Å². The normalized spacial score (nSPS) is 14.3. The molecule has 0 spiro atoms. The van der Waals surface area contributed by atoms with Crippen molar-refractivity contribution >= 4 is 5.78 Å². The summed E-state index contributed by atoms with van der Waals surface area (Å²) in [4.78, 5) is 11.4. The lowest BCUT2D eigenvalue weighted by atomic mass is 10.0. The van der Waals surface area contributed by atoms with Crippen molar-refractivity contribution in [2.45, 2.75) is 83.3 Å². The van der Waals surface area contributed by atoms with Crippen molar-refractivity contribution in [3.05, 3.63) is 0 Å². The van der Waals surface area contributed by atoms with Gasteiger partial charge in [-0.3, -0.25) is 4.79 Å². The molecule has 0 saturated heterocycles. The topological polar surface area (TPSA) is 77.8 Å². The van der Waals surface area contributed by atoms with Crippen LogP contribution in [0, 0.1) is 0 Å². The van der Waals surface area contributed by atoms with Gasteiger partial charge in [0, 0.05) is 6.42 Å². The third-order valence-corrected chi connectivity index (χ3v) is 3.41. The highest BCUT2D eigenvalue weighted by Gasteiger charge is 2.22. The molecule has 0 heterocycles. The fourth-order valence-corrected chi connectivity index (χ4v) is 2.07. The van der Waals surface area contributed by atoms with Gasteiger partial charge in [0.25, 0.3) is 0 Å². The van der Waals surface area contributed by atoms with E-state index in [1.165, 1.54) is 38.5 Å². The first-order chi connectivity index (χ1) is 9.13. The summed E-state index contributed by atoms with van der Waals surface area (Å²) in [6, 6.07) is 0. The standard InChI is InChI=1S/C15H30O4/c1-2-3-4-5-6-7-8-9-10-11-13(17)15(19)14(18)12-16/h14-16,18-19H,2-12H2,1H3. The summed E-state index contributed by atoms with van der Waals surface area (Å²) in [5.41, 5.74) is 0. The van der Waals surface area contributed by atoms with Gasteiger partial charge in [-0.15, -0.1) is 0 Å². The van der Waals surface area contributed by atoms with Crippen LogP contribution in [0.5, 0.6) is 0 Å². The summed E-state index contributed by atoms with van der Waals surface area (Å²) in [5.74, 6) is -0.371. The summed E-state index contributed by atoms with van der Waals surface area (Å²) >= 11 is 0. The Morgan fingerprint density at radius 1 is 0.895 bits per heavy atom. The summed E-state index contributed by atoms with van der Waals surface area (Å²) in [6.07, 6.45) is 8.05. The summed E-state index contributed by atoms with van der Waals surface area (Å²) in [6.45, 7) is 1.63. The molecule has 0 bridgehead atoms. The van der Waals surface area contributed by atoms with Crippen molar-refractivity contribution in [2.75, 3.05) is 6.61 Å². The summed E-state index contributed by atoms with van der Waals surface area (Å²) < 4.78 is 0. The number of unbranched alkanes of at least 4 members (excludes halogenated alkanes) is 8. The molecule has 114 valence electrons. The third kappa shape index (κ3) is 10.0. The summed E-state index contributed by atoms with van der Waals surface area (Å²) in [7, 11) is 0. The number of hydrogen-bond acceptors (Lipinski definition) is 4. The number of rotatable bonds is 13. The van der Waals surface area contributed by atoms with E-state index in [-0.39, 0.29) is 12.2 Å². The van der Waals surface area contributed by atoms with E-state index in [0.29, 0.717) is 0 Å². The van der Waals surface area contributed by atoms with Gasteiger partial charge < -0.3 is 15.3 Å². The van der Waals surface area contributed by atoms with Gasteiger partial charge in [-0.05, 0) is 6.42 Å². The van der Waals surface area contributed by atoms with E-state index in [1.54, 1.807) is 0 Å². The van der Waals surface area contributed by atoms with Gasteiger partial charge in [0.1, 0.15) is 12.2 Å². The summed E-state index contributed by atoms with van der Waals surface area (Å²) in [5, 5.41) is 27.1. The molecule has 2 unspecified atom stereocenters. The number of aliphatic hydroxyl groups is 3. The van der Waals surface area contributed by atoms with E-state index in [4.69, 9.17) is 10.2 Å². The number of ketones is 1. The molecule has 19 heavy (non-hydrogen) atoms. The molecule has 0 aliphatic heterocycles. The zero-order chi connectivity index (χ0) is 14.5. The molecule has 2 atom stereocenters. The van der Waals surface area contributed by atoms with Gasteiger partial charge in [0.15, 0.2) is 5.78 Å². The minimum atomic E-state index is -1.43. The van der Waals surface area contributed by atoms with E-state index in [9.17, 15) is 9.90 Å². The number of hydrogen-bond donors (Lipinski definition) is 3. The Bertz CT molecular complexity index is 218. The Morgan fingerprint density at radius 2 is 1.37 bits per heavy atom. The molecule has 0 aromatic carbocycles. The van der Waals surface area contributed by atoms with Gasteiger partial charge in [0.05, 0.1) is 6.61 Å². The van der Waals surface area contributed by atoms with Crippen molar-refractivity contribution in [1.82, 2.24) is 0 Å². The van der Waals surface area contributed by atoms with Crippen LogP contribution in [0.2, 0.25) is 0 Å². The second-order valence-electron chi connectivity index (χ2n) is 5.24. The molecule has 0 aliphatic rings. The molecule has 0 amide bonds. The Morgan fingerprint density at radius 3 is 1.84 bits per heavy atom. The van der Waals surface area contributed by atoms with E-state index >= 15 is 0 Å². The maximum Gasteiger partial charge on any atom is 0.164 e. The largest absolute Gasteiger partial charge is 0.394 e. The van der Waals surface area contributed by atoms with Crippen molar-refractivity contribution < 1.29 is 20.1 Å². The van der Waals surface area contributed by atoms with Crippen molar-refractivity contribution in [2.24, 2.45) is 0 Å². The SMILES string of the molecule is CCCCCCCCCCCC(=O)C(O)C(O)CO. The first kappa shape index (κ1) is 18.6. The Kier molecular flexibility index (Phi) is 12.3. The first-order valence-electron chi connectivity index (χ1n) is 7.63. The molecule has 4 heteroatoms. The van der Waals surface area contributed by atoms with Gasteiger partial charge in [-0.1, -0.05) is 58.3 Å². The van der Waals surface area contributed by atoms with E-state index in [1.807, 2.05) is 0 Å². The number of carbonyl (C=O) groups excluding carboxylic acids is 1. The van der Waals surface area contributed by atoms with E-state index in [0.717, 1.165) is 19.3 Å². The zero-order valence-corrected chi connectivity index (χ0v) is 12.2.